The van der Waals surface area contributed by atoms with Gasteiger partial charge in [-0.05, 0) is 31.7 Å². The standard InChI is InChI=1S/C14H20O4/c1-9-4-3-5-12(6-9)17-8-11-7-13(14(15)16)18-10(11)2/h7,9,12H,3-6,8H2,1-2H3,(H,15,16). The molecule has 1 heterocycles. The van der Waals surface area contributed by atoms with E-state index in [2.05, 4.69) is 6.92 Å². The van der Waals surface area contributed by atoms with Gasteiger partial charge in [-0.1, -0.05) is 19.8 Å². The third-order valence-corrected chi connectivity index (χ3v) is 3.59. The third kappa shape index (κ3) is 3.13. The van der Waals surface area contributed by atoms with Crippen LogP contribution < -0.4 is 0 Å². The Kier molecular flexibility index (Phi) is 4.07. The summed E-state index contributed by atoms with van der Waals surface area (Å²) in [7, 11) is 0. The number of carboxylic acid groups (broad SMARTS) is 1. The number of ether oxygens (including phenoxy) is 1. The zero-order chi connectivity index (χ0) is 13.1. The second kappa shape index (κ2) is 5.57. The van der Waals surface area contributed by atoms with Crippen molar-refractivity contribution in [3.8, 4) is 0 Å². The smallest absolute Gasteiger partial charge is 0.371 e. The number of aryl methyl sites for hydroxylation is 1. The second-order valence-corrected chi connectivity index (χ2v) is 5.20. The topological polar surface area (TPSA) is 59.7 Å². The minimum Gasteiger partial charge on any atom is -0.475 e. The van der Waals surface area contributed by atoms with Crippen molar-refractivity contribution in [2.24, 2.45) is 5.92 Å². The van der Waals surface area contributed by atoms with Crippen LogP contribution in [0.2, 0.25) is 0 Å². The van der Waals surface area contributed by atoms with Gasteiger partial charge in [-0.3, -0.25) is 0 Å². The van der Waals surface area contributed by atoms with Gasteiger partial charge in [0.25, 0.3) is 0 Å². The van der Waals surface area contributed by atoms with Crippen molar-refractivity contribution in [1.82, 2.24) is 0 Å². The van der Waals surface area contributed by atoms with Crippen molar-refractivity contribution in [2.75, 3.05) is 0 Å². The maximum atomic E-state index is 10.8. The number of carboxylic acids is 1. The summed E-state index contributed by atoms with van der Waals surface area (Å²) in [6.45, 7) is 4.47. The zero-order valence-corrected chi connectivity index (χ0v) is 10.9. The number of furan rings is 1. The summed E-state index contributed by atoms with van der Waals surface area (Å²) in [4.78, 5) is 10.8. The number of rotatable bonds is 4. The van der Waals surface area contributed by atoms with E-state index in [1.807, 2.05) is 0 Å². The molecule has 0 spiro atoms. The lowest BCUT2D eigenvalue weighted by Gasteiger charge is -2.26. The molecule has 0 radical (unpaired) electrons. The van der Waals surface area contributed by atoms with Crippen LogP contribution in [0, 0.1) is 12.8 Å². The van der Waals surface area contributed by atoms with E-state index in [4.69, 9.17) is 14.3 Å². The van der Waals surface area contributed by atoms with Gasteiger partial charge in [0.1, 0.15) is 5.76 Å². The normalized spacial score (nSPS) is 24.1. The van der Waals surface area contributed by atoms with Gasteiger partial charge in [0, 0.05) is 5.56 Å². The van der Waals surface area contributed by atoms with E-state index in [0.29, 0.717) is 18.5 Å². The highest BCUT2D eigenvalue weighted by molar-refractivity contribution is 5.84. The maximum Gasteiger partial charge on any atom is 0.371 e. The zero-order valence-electron chi connectivity index (χ0n) is 10.9. The highest BCUT2D eigenvalue weighted by Gasteiger charge is 2.20. The molecule has 2 atom stereocenters. The molecule has 1 N–H and O–H groups in total. The Labute approximate surface area is 107 Å². The number of hydrogen-bond donors (Lipinski definition) is 1. The molecule has 1 aromatic rings. The maximum absolute atomic E-state index is 10.8. The predicted molar refractivity (Wildman–Crippen MR) is 66.6 cm³/mol. The van der Waals surface area contributed by atoms with E-state index in [9.17, 15) is 4.79 Å². The van der Waals surface area contributed by atoms with Gasteiger partial charge in [-0.2, -0.15) is 0 Å². The Morgan fingerprint density at radius 2 is 2.33 bits per heavy atom. The monoisotopic (exact) mass is 252 g/mol. The SMILES string of the molecule is Cc1oc(C(=O)O)cc1COC1CCCC(C)C1. The summed E-state index contributed by atoms with van der Waals surface area (Å²) >= 11 is 0. The first-order valence-corrected chi connectivity index (χ1v) is 6.50. The van der Waals surface area contributed by atoms with Crippen molar-refractivity contribution in [3.63, 3.8) is 0 Å². The van der Waals surface area contributed by atoms with Gasteiger partial charge >= 0.3 is 5.97 Å². The fourth-order valence-electron chi connectivity index (χ4n) is 2.51. The molecule has 1 aliphatic rings. The Morgan fingerprint density at radius 1 is 1.56 bits per heavy atom. The molecule has 0 bridgehead atoms. The molecule has 0 saturated heterocycles. The van der Waals surface area contributed by atoms with E-state index in [-0.39, 0.29) is 5.76 Å². The summed E-state index contributed by atoms with van der Waals surface area (Å²) in [6, 6.07) is 1.56. The average molecular weight is 252 g/mol. The first-order valence-electron chi connectivity index (χ1n) is 6.50. The lowest BCUT2D eigenvalue weighted by atomic mass is 9.89. The van der Waals surface area contributed by atoms with Gasteiger partial charge in [-0.15, -0.1) is 0 Å². The van der Waals surface area contributed by atoms with Crippen molar-refractivity contribution in [3.05, 3.63) is 23.2 Å². The highest BCUT2D eigenvalue weighted by Crippen LogP contribution is 2.27. The van der Waals surface area contributed by atoms with Crippen LogP contribution in [0.5, 0.6) is 0 Å². The van der Waals surface area contributed by atoms with Gasteiger partial charge in [0.2, 0.25) is 5.76 Å². The van der Waals surface area contributed by atoms with Gasteiger partial charge in [0.05, 0.1) is 12.7 Å². The molecule has 0 amide bonds. The van der Waals surface area contributed by atoms with Crippen molar-refractivity contribution in [2.45, 2.75) is 52.2 Å². The average Bonchev–Trinajstić information content (AvgIpc) is 2.68. The van der Waals surface area contributed by atoms with Crippen LogP contribution in [-0.2, 0) is 11.3 Å². The van der Waals surface area contributed by atoms with Crippen LogP contribution in [0.3, 0.4) is 0 Å². The summed E-state index contributed by atoms with van der Waals surface area (Å²) in [5, 5.41) is 8.84. The highest BCUT2D eigenvalue weighted by atomic mass is 16.5. The molecule has 1 aliphatic carbocycles. The molecule has 2 unspecified atom stereocenters. The lowest BCUT2D eigenvalue weighted by molar-refractivity contribution is 0.00422. The molecular formula is C14H20O4. The minimum absolute atomic E-state index is 0.0110. The summed E-state index contributed by atoms with van der Waals surface area (Å²) < 4.78 is 11.0. The molecule has 0 aliphatic heterocycles. The molecule has 4 heteroatoms. The Bertz CT molecular complexity index is 421. The van der Waals surface area contributed by atoms with Gasteiger partial charge in [0.15, 0.2) is 0 Å². The molecule has 1 saturated carbocycles. The summed E-state index contributed by atoms with van der Waals surface area (Å²) in [6.07, 6.45) is 5.01. The number of carbonyl (C=O) groups is 1. The molecule has 1 aromatic heterocycles. The van der Waals surface area contributed by atoms with E-state index >= 15 is 0 Å². The summed E-state index contributed by atoms with van der Waals surface area (Å²) in [5.74, 6) is 0.318. The molecule has 1 fully saturated rings. The fraction of sp³-hybridized carbons (Fsp3) is 0.643. The summed E-state index contributed by atoms with van der Waals surface area (Å²) in [5.41, 5.74) is 0.839. The van der Waals surface area contributed by atoms with Gasteiger partial charge < -0.3 is 14.3 Å². The molecule has 100 valence electrons. The van der Waals surface area contributed by atoms with Crippen molar-refractivity contribution < 1.29 is 19.1 Å². The minimum atomic E-state index is -1.03. The van der Waals surface area contributed by atoms with E-state index in [1.54, 1.807) is 13.0 Å². The van der Waals surface area contributed by atoms with E-state index in [1.165, 1.54) is 12.8 Å². The van der Waals surface area contributed by atoms with Crippen LogP contribution >= 0.6 is 0 Å². The molecule has 2 rings (SSSR count). The van der Waals surface area contributed by atoms with Crippen LogP contribution in [0.15, 0.2) is 10.5 Å². The Hall–Kier alpha value is -1.29. The first-order chi connectivity index (χ1) is 8.56. The van der Waals surface area contributed by atoms with Crippen molar-refractivity contribution in [1.29, 1.82) is 0 Å². The van der Waals surface area contributed by atoms with Gasteiger partial charge in [-0.25, -0.2) is 4.79 Å². The molecular weight excluding hydrogens is 232 g/mol. The molecule has 0 aromatic carbocycles. The molecule has 4 nitrogen and oxygen atoms in total. The van der Waals surface area contributed by atoms with Crippen molar-refractivity contribution >= 4 is 5.97 Å². The van der Waals surface area contributed by atoms with E-state index in [0.717, 1.165) is 24.3 Å². The van der Waals surface area contributed by atoms with Crippen LogP contribution in [-0.4, -0.2) is 17.2 Å². The van der Waals surface area contributed by atoms with Crippen LogP contribution in [0.4, 0.5) is 0 Å². The van der Waals surface area contributed by atoms with Crippen LogP contribution in [0.25, 0.3) is 0 Å². The van der Waals surface area contributed by atoms with Crippen LogP contribution in [0.1, 0.15) is 54.5 Å². The first kappa shape index (κ1) is 13.1. The second-order valence-electron chi connectivity index (χ2n) is 5.20. The Morgan fingerprint density at radius 3 is 2.94 bits per heavy atom. The fourth-order valence-corrected chi connectivity index (χ4v) is 2.51. The predicted octanol–water partition coefficient (Wildman–Crippen LogP) is 3.38. The Balaban J connectivity index is 1.91. The quantitative estimate of drug-likeness (QED) is 0.892. The largest absolute Gasteiger partial charge is 0.475 e. The molecule has 18 heavy (non-hydrogen) atoms. The number of aromatic carboxylic acids is 1. The lowest BCUT2D eigenvalue weighted by Crippen LogP contribution is -2.21. The third-order valence-electron chi connectivity index (χ3n) is 3.59. The van der Waals surface area contributed by atoms with E-state index < -0.39 is 5.97 Å². The number of hydrogen-bond acceptors (Lipinski definition) is 3.